The Bertz CT molecular complexity index is 645. The van der Waals surface area contributed by atoms with Crippen LogP contribution in [-0.4, -0.2) is 24.0 Å². The van der Waals surface area contributed by atoms with Crippen LogP contribution in [0.2, 0.25) is 0 Å². The maximum absolute atomic E-state index is 12.3. The lowest BCUT2D eigenvalue weighted by Crippen LogP contribution is -2.29. The Hall–Kier alpha value is -1.20. The molecule has 3 N–H and O–H groups in total. The first-order valence-electron chi connectivity index (χ1n) is 6.79. The molecule has 1 aliphatic rings. The van der Waals surface area contributed by atoms with E-state index >= 15 is 0 Å². The van der Waals surface area contributed by atoms with Gasteiger partial charge in [-0.15, -0.1) is 11.3 Å². The molecule has 1 fully saturated rings. The van der Waals surface area contributed by atoms with Gasteiger partial charge in [0.05, 0.1) is 5.69 Å². The fourth-order valence-electron chi connectivity index (χ4n) is 2.46. The smallest absolute Gasteiger partial charge is 0.263 e. The quantitative estimate of drug-likeness (QED) is 0.915. The number of carbonyl (C=O) groups is 1. The van der Waals surface area contributed by atoms with Gasteiger partial charge in [-0.05, 0) is 42.9 Å². The molecule has 1 aromatic carbocycles. The minimum atomic E-state index is -0.0294. The molecule has 5 heteroatoms. The van der Waals surface area contributed by atoms with E-state index in [1.54, 1.807) is 0 Å². The Kier molecular flexibility index (Phi) is 3.89. The number of benzene rings is 1. The highest BCUT2D eigenvalue weighted by Crippen LogP contribution is 2.34. The summed E-state index contributed by atoms with van der Waals surface area (Å²) in [5.41, 5.74) is 7.92. The van der Waals surface area contributed by atoms with Crippen LogP contribution in [0.15, 0.2) is 18.2 Å². The second-order valence-corrected chi connectivity index (χ2v) is 7.49. The lowest BCUT2D eigenvalue weighted by Gasteiger charge is -2.09. The molecule has 106 valence electrons. The van der Waals surface area contributed by atoms with Crippen molar-refractivity contribution in [3.63, 3.8) is 0 Å². The van der Waals surface area contributed by atoms with Gasteiger partial charge in [-0.3, -0.25) is 4.79 Å². The van der Waals surface area contributed by atoms with Gasteiger partial charge in [-0.2, -0.15) is 11.8 Å². The molecule has 0 saturated carbocycles. The average molecular weight is 306 g/mol. The van der Waals surface area contributed by atoms with Crippen LogP contribution < -0.4 is 11.1 Å². The normalized spacial score (nSPS) is 18.6. The number of hydrogen-bond acceptors (Lipinski definition) is 4. The van der Waals surface area contributed by atoms with E-state index in [9.17, 15) is 4.79 Å². The van der Waals surface area contributed by atoms with Crippen molar-refractivity contribution in [2.24, 2.45) is 5.92 Å². The summed E-state index contributed by atoms with van der Waals surface area (Å²) in [5, 5.41) is 4.03. The summed E-state index contributed by atoms with van der Waals surface area (Å²) < 4.78 is 1.08. The molecule has 1 aromatic heterocycles. The number of nitrogen functional groups attached to an aromatic ring is 1. The average Bonchev–Trinajstić information content (AvgIpc) is 3.05. The van der Waals surface area contributed by atoms with E-state index in [1.807, 2.05) is 30.8 Å². The SMILES string of the molecule is Cc1ccc2sc(C(=O)NCC3CCSC3)c(N)c2c1. The zero-order chi connectivity index (χ0) is 14.1. The summed E-state index contributed by atoms with van der Waals surface area (Å²) in [7, 11) is 0. The summed E-state index contributed by atoms with van der Waals surface area (Å²) in [6, 6.07) is 6.14. The van der Waals surface area contributed by atoms with E-state index in [1.165, 1.54) is 23.5 Å². The monoisotopic (exact) mass is 306 g/mol. The molecule has 1 atom stereocenters. The van der Waals surface area contributed by atoms with Crippen molar-refractivity contribution in [2.45, 2.75) is 13.3 Å². The Morgan fingerprint density at radius 2 is 2.35 bits per heavy atom. The van der Waals surface area contributed by atoms with Gasteiger partial charge in [0.25, 0.3) is 5.91 Å². The number of aryl methyl sites for hydroxylation is 1. The van der Waals surface area contributed by atoms with Gasteiger partial charge >= 0.3 is 0 Å². The summed E-state index contributed by atoms with van der Waals surface area (Å²) >= 11 is 3.45. The number of thioether (sulfide) groups is 1. The van der Waals surface area contributed by atoms with Crippen molar-refractivity contribution in [2.75, 3.05) is 23.8 Å². The number of thiophene rings is 1. The summed E-state index contributed by atoms with van der Waals surface area (Å²) in [4.78, 5) is 12.9. The molecule has 1 unspecified atom stereocenters. The molecule has 0 radical (unpaired) electrons. The highest BCUT2D eigenvalue weighted by molar-refractivity contribution is 7.99. The Balaban J connectivity index is 1.78. The molecule has 2 heterocycles. The number of nitrogens with two attached hydrogens (primary N) is 1. The third-order valence-corrected chi connectivity index (χ3v) is 6.08. The van der Waals surface area contributed by atoms with Crippen molar-refractivity contribution in [1.29, 1.82) is 0 Å². The lowest BCUT2D eigenvalue weighted by atomic mass is 10.1. The van der Waals surface area contributed by atoms with Gasteiger partial charge in [0, 0.05) is 16.6 Å². The number of anilines is 1. The number of amides is 1. The van der Waals surface area contributed by atoms with E-state index in [2.05, 4.69) is 11.4 Å². The zero-order valence-electron chi connectivity index (χ0n) is 11.4. The fourth-order valence-corrected chi connectivity index (χ4v) is 4.76. The highest BCUT2D eigenvalue weighted by atomic mass is 32.2. The molecule has 0 spiro atoms. The third-order valence-electron chi connectivity index (χ3n) is 3.66. The Morgan fingerprint density at radius 1 is 1.50 bits per heavy atom. The second-order valence-electron chi connectivity index (χ2n) is 5.28. The summed E-state index contributed by atoms with van der Waals surface area (Å²) in [6.45, 7) is 2.80. The van der Waals surface area contributed by atoms with Crippen molar-refractivity contribution < 1.29 is 4.79 Å². The number of fused-ring (bicyclic) bond motifs is 1. The predicted octanol–water partition coefficient (Wildman–Crippen LogP) is 3.27. The van der Waals surface area contributed by atoms with Crippen LogP contribution in [0.4, 0.5) is 5.69 Å². The van der Waals surface area contributed by atoms with Crippen molar-refractivity contribution in [3.8, 4) is 0 Å². The van der Waals surface area contributed by atoms with E-state index in [4.69, 9.17) is 5.73 Å². The van der Waals surface area contributed by atoms with E-state index in [-0.39, 0.29) is 5.91 Å². The van der Waals surface area contributed by atoms with Crippen LogP contribution in [0.5, 0.6) is 0 Å². The lowest BCUT2D eigenvalue weighted by molar-refractivity contribution is 0.0953. The van der Waals surface area contributed by atoms with Crippen LogP contribution in [0.1, 0.15) is 21.7 Å². The first-order chi connectivity index (χ1) is 9.65. The molecule has 20 heavy (non-hydrogen) atoms. The molecule has 3 rings (SSSR count). The highest BCUT2D eigenvalue weighted by Gasteiger charge is 2.19. The molecular weight excluding hydrogens is 288 g/mol. The molecule has 1 amide bonds. The van der Waals surface area contributed by atoms with Gasteiger partial charge in [-0.1, -0.05) is 11.6 Å². The zero-order valence-corrected chi connectivity index (χ0v) is 13.1. The molecule has 2 aromatic rings. The van der Waals surface area contributed by atoms with Gasteiger partial charge < -0.3 is 11.1 Å². The maximum Gasteiger partial charge on any atom is 0.263 e. The van der Waals surface area contributed by atoms with Crippen molar-refractivity contribution >= 4 is 44.8 Å². The van der Waals surface area contributed by atoms with Crippen molar-refractivity contribution in [1.82, 2.24) is 5.32 Å². The van der Waals surface area contributed by atoms with Crippen LogP contribution >= 0.6 is 23.1 Å². The maximum atomic E-state index is 12.3. The van der Waals surface area contributed by atoms with Crippen LogP contribution in [0.25, 0.3) is 10.1 Å². The largest absolute Gasteiger partial charge is 0.397 e. The van der Waals surface area contributed by atoms with E-state index in [0.29, 0.717) is 16.5 Å². The van der Waals surface area contributed by atoms with Gasteiger partial charge in [-0.25, -0.2) is 0 Å². The minimum absolute atomic E-state index is 0.0294. The molecule has 1 aliphatic heterocycles. The first kappa shape index (κ1) is 13.8. The van der Waals surface area contributed by atoms with Gasteiger partial charge in [0.2, 0.25) is 0 Å². The summed E-state index contributed by atoms with van der Waals surface area (Å²) in [6.07, 6.45) is 1.20. The second kappa shape index (κ2) is 5.66. The third kappa shape index (κ3) is 2.65. The molecule has 0 aliphatic carbocycles. The standard InChI is InChI=1S/C15H18N2OS2/c1-9-2-3-12-11(6-9)13(16)14(20-12)15(18)17-7-10-4-5-19-8-10/h2-3,6,10H,4-5,7-8,16H2,1H3,(H,17,18). The fraction of sp³-hybridized carbons (Fsp3) is 0.400. The topological polar surface area (TPSA) is 55.1 Å². The molecule has 1 saturated heterocycles. The number of nitrogens with one attached hydrogen (secondary N) is 1. The Labute approximate surface area is 126 Å². The number of carbonyl (C=O) groups excluding carboxylic acids is 1. The van der Waals surface area contributed by atoms with Gasteiger partial charge in [0.15, 0.2) is 0 Å². The molecule has 0 bridgehead atoms. The van der Waals surface area contributed by atoms with Crippen LogP contribution in [0.3, 0.4) is 0 Å². The van der Waals surface area contributed by atoms with E-state index < -0.39 is 0 Å². The number of rotatable bonds is 3. The van der Waals surface area contributed by atoms with Gasteiger partial charge in [0.1, 0.15) is 4.88 Å². The van der Waals surface area contributed by atoms with Crippen LogP contribution in [0, 0.1) is 12.8 Å². The molecular formula is C15H18N2OS2. The summed E-state index contributed by atoms with van der Waals surface area (Å²) in [5.74, 6) is 2.95. The van der Waals surface area contributed by atoms with Crippen LogP contribution in [-0.2, 0) is 0 Å². The first-order valence-corrected chi connectivity index (χ1v) is 8.77. The van der Waals surface area contributed by atoms with E-state index in [0.717, 1.165) is 27.9 Å². The minimum Gasteiger partial charge on any atom is -0.397 e. The number of hydrogen-bond donors (Lipinski definition) is 2. The molecule has 3 nitrogen and oxygen atoms in total. The Morgan fingerprint density at radius 3 is 3.10 bits per heavy atom. The van der Waals surface area contributed by atoms with Crippen molar-refractivity contribution in [3.05, 3.63) is 28.6 Å². The predicted molar refractivity (Wildman–Crippen MR) is 88.7 cm³/mol.